The van der Waals surface area contributed by atoms with E-state index in [-0.39, 0.29) is 0 Å². The van der Waals surface area contributed by atoms with E-state index in [1.54, 1.807) is 0 Å². The SMILES string of the molecule is CCCC(C)OC1CCCCC1CN. The number of hydrogen-bond acceptors (Lipinski definition) is 2. The van der Waals surface area contributed by atoms with Crippen LogP contribution in [0.3, 0.4) is 0 Å². The zero-order chi connectivity index (χ0) is 10.4. The van der Waals surface area contributed by atoms with Crippen LogP contribution in [0.2, 0.25) is 0 Å². The Hall–Kier alpha value is -0.0800. The van der Waals surface area contributed by atoms with Gasteiger partial charge in [-0.2, -0.15) is 0 Å². The standard InChI is InChI=1S/C12H25NO/c1-3-6-10(2)14-12-8-5-4-7-11(12)9-13/h10-12H,3-9,13H2,1-2H3. The Kier molecular flexibility index (Phi) is 5.49. The normalized spacial score (nSPS) is 30.2. The average Bonchev–Trinajstić information content (AvgIpc) is 2.19. The molecule has 3 atom stereocenters. The van der Waals surface area contributed by atoms with Crippen LogP contribution in [0.15, 0.2) is 0 Å². The van der Waals surface area contributed by atoms with Crippen molar-refractivity contribution in [1.29, 1.82) is 0 Å². The Labute approximate surface area is 88.2 Å². The molecule has 0 aromatic rings. The van der Waals surface area contributed by atoms with Gasteiger partial charge in [0.1, 0.15) is 0 Å². The van der Waals surface area contributed by atoms with Crippen molar-refractivity contribution < 1.29 is 4.74 Å². The molecule has 0 aliphatic heterocycles. The van der Waals surface area contributed by atoms with Gasteiger partial charge in [-0.1, -0.05) is 26.2 Å². The summed E-state index contributed by atoms with van der Waals surface area (Å²) < 4.78 is 6.06. The highest BCUT2D eigenvalue weighted by Crippen LogP contribution is 2.27. The van der Waals surface area contributed by atoms with Gasteiger partial charge in [-0.15, -0.1) is 0 Å². The summed E-state index contributed by atoms with van der Waals surface area (Å²) in [4.78, 5) is 0. The molecule has 0 spiro atoms. The maximum atomic E-state index is 6.06. The predicted molar refractivity (Wildman–Crippen MR) is 60.3 cm³/mol. The lowest BCUT2D eigenvalue weighted by Gasteiger charge is -2.32. The van der Waals surface area contributed by atoms with Gasteiger partial charge in [0.2, 0.25) is 0 Å². The van der Waals surface area contributed by atoms with Gasteiger partial charge in [0.05, 0.1) is 12.2 Å². The summed E-state index contributed by atoms with van der Waals surface area (Å²) in [6, 6.07) is 0. The maximum Gasteiger partial charge on any atom is 0.0618 e. The Morgan fingerprint density at radius 2 is 2.07 bits per heavy atom. The Morgan fingerprint density at radius 3 is 2.71 bits per heavy atom. The second-order valence-electron chi connectivity index (χ2n) is 4.55. The minimum Gasteiger partial charge on any atom is -0.375 e. The van der Waals surface area contributed by atoms with Crippen molar-refractivity contribution in [2.75, 3.05) is 6.54 Å². The average molecular weight is 199 g/mol. The van der Waals surface area contributed by atoms with Crippen LogP contribution in [0, 0.1) is 5.92 Å². The minimum atomic E-state index is 0.414. The molecule has 2 N–H and O–H groups in total. The fourth-order valence-electron chi connectivity index (χ4n) is 2.40. The first-order chi connectivity index (χ1) is 6.77. The third-order valence-electron chi connectivity index (χ3n) is 3.24. The van der Waals surface area contributed by atoms with E-state index in [1.807, 2.05) is 0 Å². The van der Waals surface area contributed by atoms with Crippen molar-refractivity contribution in [3.8, 4) is 0 Å². The highest BCUT2D eigenvalue weighted by molar-refractivity contribution is 4.77. The van der Waals surface area contributed by atoms with Gasteiger partial charge in [0.15, 0.2) is 0 Å². The smallest absolute Gasteiger partial charge is 0.0618 e. The van der Waals surface area contributed by atoms with E-state index in [2.05, 4.69) is 13.8 Å². The number of hydrogen-bond donors (Lipinski definition) is 1. The van der Waals surface area contributed by atoms with Crippen LogP contribution >= 0.6 is 0 Å². The Balaban J connectivity index is 2.32. The molecular formula is C12H25NO. The van der Waals surface area contributed by atoms with Crippen LogP contribution in [0.5, 0.6) is 0 Å². The molecule has 1 fully saturated rings. The van der Waals surface area contributed by atoms with Crippen LogP contribution in [0.4, 0.5) is 0 Å². The van der Waals surface area contributed by atoms with E-state index in [0.29, 0.717) is 18.1 Å². The quantitative estimate of drug-likeness (QED) is 0.739. The van der Waals surface area contributed by atoms with Crippen molar-refractivity contribution in [1.82, 2.24) is 0 Å². The molecule has 0 aromatic heterocycles. The van der Waals surface area contributed by atoms with Crippen LogP contribution in [0.1, 0.15) is 52.4 Å². The second kappa shape index (κ2) is 6.41. The minimum absolute atomic E-state index is 0.414. The lowest BCUT2D eigenvalue weighted by molar-refractivity contribution is -0.0529. The molecule has 0 amide bonds. The summed E-state index contributed by atoms with van der Waals surface area (Å²) in [5.41, 5.74) is 5.76. The molecule has 1 saturated carbocycles. The number of nitrogens with two attached hydrogens (primary N) is 1. The molecule has 1 aliphatic rings. The van der Waals surface area contributed by atoms with Gasteiger partial charge in [-0.25, -0.2) is 0 Å². The topological polar surface area (TPSA) is 35.2 Å². The first-order valence-corrected chi connectivity index (χ1v) is 6.13. The van der Waals surface area contributed by atoms with E-state index in [0.717, 1.165) is 6.54 Å². The monoisotopic (exact) mass is 199 g/mol. The highest BCUT2D eigenvalue weighted by atomic mass is 16.5. The molecule has 14 heavy (non-hydrogen) atoms. The van der Waals surface area contributed by atoms with Gasteiger partial charge >= 0.3 is 0 Å². The molecule has 84 valence electrons. The first kappa shape index (κ1) is 12.0. The lowest BCUT2D eigenvalue weighted by atomic mass is 9.86. The van der Waals surface area contributed by atoms with E-state index in [9.17, 15) is 0 Å². The summed E-state index contributed by atoms with van der Waals surface area (Å²) in [5, 5.41) is 0. The molecule has 0 bridgehead atoms. The van der Waals surface area contributed by atoms with E-state index in [1.165, 1.54) is 38.5 Å². The Morgan fingerprint density at radius 1 is 1.36 bits per heavy atom. The largest absolute Gasteiger partial charge is 0.375 e. The summed E-state index contributed by atoms with van der Waals surface area (Å²) in [7, 11) is 0. The summed E-state index contributed by atoms with van der Waals surface area (Å²) >= 11 is 0. The van der Waals surface area contributed by atoms with Gasteiger partial charge in [0.25, 0.3) is 0 Å². The maximum absolute atomic E-state index is 6.06. The molecule has 0 saturated heterocycles. The molecule has 1 aliphatic carbocycles. The van der Waals surface area contributed by atoms with Crippen molar-refractivity contribution >= 4 is 0 Å². The molecule has 2 nitrogen and oxygen atoms in total. The molecule has 0 aromatic carbocycles. The van der Waals surface area contributed by atoms with Crippen LogP contribution in [0.25, 0.3) is 0 Å². The van der Waals surface area contributed by atoms with Crippen molar-refractivity contribution in [3.05, 3.63) is 0 Å². The predicted octanol–water partition coefficient (Wildman–Crippen LogP) is 2.71. The molecule has 1 rings (SSSR count). The zero-order valence-electron chi connectivity index (χ0n) is 9.67. The third kappa shape index (κ3) is 3.58. The van der Waals surface area contributed by atoms with E-state index < -0.39 is 0 Å². The highest BCUT2D eigenvalue weighted by Gasteiger charge is 2.25. The van der Waals surface area contributed by atoms with Crippen molar-refractivity contribution in [3.63, 3.8) is 0 Å². The van der Waals surface area contributed by atoms with E-state index >= 15 is 0 Å². The van der Waals surface area contributed by atoms with Crippen molar-refractivity contribution in [2.45, 2.75) is 64.6 Å². The molecular weight excluding hydrogens is 174 g/mol. The third-order valence-corrected chi connectivity index (χ3v) is 3.24. The summed E-state index contributed by atoms with van der Waals surface area (Å²) in [6.45, 7) is 5.19. The molecule has 3 unspecified atom stereocenters. The Bertz CT molecular complexity index is 149. The summed E-state index contributed by atoms with van der Waals surface area (Å²) in [6.07, 6.45) is 8.38. The summed E-state index contributed by atoms with van der Waals surface area (Å²) in [5.74, 6) is 0.614. The van der Waals surface area contributed by atoms with Crippen molar-refractivity contribution in [2.24, 2.45) is 11.7 Å². The second-order valence-corrected chi connectivity index (χ2v) is 4.55. The molecule has 0 heterocycles. The van der Waals surface area contributed by atoms with E-state index in [4.69, 9.17) is 10.5 Å². The fourth-order valence-corrected chi connectivity index (χ4v) is 2.40. The zero-order valence-corrected chi connectivity index (χ0v) is 9.67. The molecule has 2 heteroatoms. The van der Waals surface area contributed by atoms with Gasteiger partial charge < -0.3 is 10.5 Å². The van der Waals surface area contributed by atoms with Crippen LogP contribution in [-0.4, -0.2) is 18.8 Å². The lowest BCUT2D eigenvalue weighted by Crippen LogP contribution is -2.35. The first-order valence-electron chi connectivity index (χ1n) is 6.13. The number of rotatable bonds is 5. The van der Waals surface area contributed by atoms with Crippen LogP contribution < -0.4 is 5.73 Å². The number of ether oxygens (including phenoxy) is 1. The van der Waals surface area contributed by atoms with Gasteiger partial charge in [-0.05, 0) is 38.6 Å². The van der Waals surface area contributed by atoms with Gasteiger partial charge in [0, 0.05) is 0 Å². The fraction of sp³-hybridized carbons (Fsp3) is 1.00. The molecule has 0 radical (unpaired) electrons. The van der Waals surface area contributed by atoms with Gasteiger partial charge in [-0.3, -0.25) is 0 Å². The van der Waals surface area contributed by atoms with Crippen LogP contribution in [-0.2, 0) is 4.74 Å².